The number of carbonyl (C=O) groups excluding carboxylic acids is 1. The minimum absolute atomic E-state index is 0.0831. The van der Waals surface area contributed by atoms with Gasteiger partial charge in [-0.3, -0.25) is 4.79 Å². The molecule has 0 bridgehead atoms. The van der Waals surface area contributed by atoms with Gasteiger partial charge in [0.05, 0.1) is 12.6 Å². The maximum Gasteiger partial charge on any atom is 0.334 e. The number of morpholine rings is 1. The summed E-state index contributed by atoms with van der Waals surface area (Å²) in [6.45, 7) is 2.24. The fraction of sp³-hybridized carbons (Fsp3) is 0.467. The van der Waals surface area contributed by atoms with E-state index in [1.807, 2.05) is 0 Å². The van der Waals surface area contributed by atoms with Crippen LogP contribution in [0.25, 0.3) is 0 Å². The molecule has 1 aromatic carbocycles. The van der Waals surface area contributed by atoms with Gasteiger partial charge in [-0.1, -0.05) is 0 Å². The number of carboxylic acids is 1. The average molecular weight is 327 g/mol. The second kappa shape index (κ2) is 7.60. The lowest BCUT2D eigenvalue weighted by Gasteiger charge is -2.35. The van der Waals surface area contributed by atoms with Crippen molar-refractivity contribution in [3.05, 3.63) is 30.1 Å². The highest BCUT2D eigenvalue weighted by atomic mass is 32.2. The van der Waals surface area contributed by atoms with Crippen LogP contribution in [0.1, 0.15) is 13.3 Å². The maximum absolute atomic E-state index is 12.8. The van der Waals surface area contributed by atoms with Crippen molar-refractivity contribution in [3.8, 4) is 0 Å². The number of nitrogens with zero attached hydrogens (tertiary/aromatic N) is 1. The van der Waals surface area contributed by atoms with Crippen LogP contribution in [0.5, 0.6) is 0 Å². The van der Waals surface area contributed by atoms with Gasteiger partial charge < -0.3 is 14.7 Å². The highest BCUT2D eigenvalue weighted by Gasteiger charge is 2.32. The molecule has 1 saturated heterocycles. The van der Waals surface area contributed by atoms with E-state index >= 15 is 0 Å². The van der Waals surface area contributed by atoms with Crippen LogP contribution in [0.2, 0.25) is 0 Å². The summed E-state index contributed by atoms with van der Waals surface area (Å²) < 4.78 is 18.1. The minimum Gasteiger partial charge on any atom is -0.479 e. The predicted octanol–water partition coefficient (Wildman–Crippen LogP) is 2.01. The molecule has 0 spiro atoms. The normalized spacial score (nSPS) is 21.6. The van der Waals surface area contributed by atoms with E-state index in [9.17, 15) is 14.0 Å². The highest BCUT2D eigenvalue weighted by Crippen LogP contribution is 2.20. The molecule has 1 aromatic rings. The van der Waals surface area contributed by atoms with E-state index in [-0.39, 0.29) is 24.4 Å². The molecule has 2 rings (SSSR count). The number of hydrogen-bond donors (Lipinski definition) is 1. The van der Waals surface area contributed by atoms with E-state index in [1.165, 1.54) is 28.8 Å². The summed E-state index contributed by atoms with van der Waals surface area (Å²) in [5, 5.41) is 9.01. The first-order chi connectivity index (χ1) is 10.5. The molecule has 5 nitrogen and oxygen atoms in total. The number of hydrogen-bond acceptors (Lipinski definition) is 4. The van der Waals surface area contributed by atoms with E-state index in [0.717, 1.165) is 4.90 Å². The summed E-state index contributed by atoms with van der Waals surface area (Å²) in [4.78, 5) is 25.6. The second-order valence-electron chi connectivity index (χ2n) is 5.12. The SMILES string of the molecule is C[C@@H]1CN(C(=O)CCSc2ccc(F)cc2)CC(C(=O)O)O1. The molecule has 2 atom stereocenters. The van der Waals surface area contributed by atoms with Crippen molar-refractivity contribution >= 4 is 23.6 Å². The molecule has 0 saturated carbocycles. The van der Waals surface area contributed by atoms with Crippen LogP contribution in [-0.2, 0) is 14.3 Å². The van der Waals surface area contributed by atoms with Gasteiger partial charge in [0.15, 0.2) is 6.10 Å². The molecule has 1 unspecified atom stereocenters. The van der Waals surface area contributed by atoms with Gasteiger partial charge in [0.1, 0.15) is 5.82 Å². The monoisotopic (exact) mass is 327 g/mol. The first-order valence-electron chi connectivity index (χ1n) is 7.00. The van der Waals surface area contributed by atoms with Crippen LogP contribution in [-0.4, -0.2) is 52.9 Å². The lowest BCUT2D eigenvalue weighted by Crippen LogP contribution is -2.51. The molecule has 0 aliphatic carbocycles. The molecule has 1 N–H and O–H groups in total. The number of ether oxygens (including phenoxy) is 1. The minimum atomic E-state index is -1.05. The Morgan fingerprint density at radius 1 is 1.36 bits per heavy atom. The summed E-state index contributed by atoms with van der Waals surface area (Å²) in [5.74, 6) is -0.864. The smallest absolute Gasteiger partial charge is 0.334 e. The Morgan fingerprint density at radius 3 is 2.68 bits per heavy atom. The van der Waals surface area contributed by atoms with Gasteiger partial charge in [0.2, 0.25) is 5.91 Å². The number of thioether (sulfide) groups is 1. The van der Waals surface area contributed by atoms with Crippen molar-refractivity contribution in [2.24, 2.45) is 0 Å². The molecule has 120 valence electrons. The number of amides is 1. The number of aliphatic carboxylic acids is 1. The molecular formula is C15H18FNO4S. The summed E-state index contributed by atoms with van der Waals surface area (Å²) in [6.07, 6.45) is -0.942. The van der Waals surface area contributed by atoms with E-state index in [0.29, 0.717) is 18.7 Å². The molecule has 0 radical (unpaired) electrons. The highest BCUT2D eigenvalue weighted by molar-refractivity contribution is 7.99. The molecule has 22 heavy (non-hydrogen) atoms. The molecule has 1 heterocycles. The summed E-state index contributed by atoms with van der Waals surface area (Å²) in [6, 6.07) is 6.10. The Balaban J connectivity index is 1.81. The number of benzene rings is 1. The zero-order chi connectivity index (χ0) is 16.1. The fourth-order valence-electron chi connectivity index (χ4n) is 2.24. The van der Waals surface area contributed by atoms with E-state index in [2.05, 4.69) is 0 Å². The first kappa shape index (κ1) is 16.8. The third kappa shape index (κ3) is 4.71. The molecule has 1 amide bonds. The summed E-state index contributed by atoms with van der Waals surface area (Å²) in [7, 11) is 0. The van der Waals surface area contributed by atoms with Crippen LogP contribution >= 0.6 is 11.8 Å². The van der Waals surface area contributed by atoms with Gasteiger partial charge >= 0.3 is 5.97 Å². The Kier molecular flexibility index (Phi) is 5.79. The van der Waals surface area contributed by atoms with Crippen molar-refractivity contribution in [3.63, 3.8) is 0 Å². The lowest BCUT2D eigenvalue weighted by atomic mass is 10.2. The van der Waals surface area contributed by atoms with Crippen LogP contribution < -0.4 is 0 Å². The standard InChI is InChI=1S/C15H18FNO4S/c1-10-8-17(9-13(21-10)15(19)20)14(18)6-7-22-12-4-2-11(16)3-5-12/h2-5,10,13H,6-9H2,1H3,(H,19,20)/t10-,13?/m1/s1. The third-order valence-electron chi connectivity index (χ3n) is 3.29. The Morgan fingerprint density at radius 2 is 2.05 bits per heavy atom. The van der Waals surface area contributed by atoms with Crippen molar-refractivity contribution in [1.82, 2.24) is 4.90 Å². The van der Waals surface area contributed by atoms with Crippen LogP contribution in [0.4, 0.5) is 4.39 Å². The van der Waals surface area contributed by atoms with Gasteiger partial charge in [-0.25, -0.2) is 9.18 Å². The zero-order valence-corrected chi connectivity index (χ0v) is 13.0. The number of carbonyl (C=O) groups is 2. The summed E-state index contributed by atoms with van der Waals surface area (Å²) >= 11 is 1.47. The van der Waals surface area contributed by atoms with Gasteiger partial charge in [0, 0.05) is 23.6 Å². The fourth-order valence-corrected chi connectivity index (χ4v) is 3.08. The lowest BCUT2D eigenvalue weighted by molar-refractivity contribution is -0.166. The zero-order valence-electron chi connectivity index (χ0n) is 12.2. The van der Waals surface area contributed by atoms with Crippen LogP contribution in [0.15, 0.2) is 29.2 Å². The molecule has 1 fully saturated rings. The van der Waals surface area contributed by atoms with E-state index in [1.54, 1.807) is 19.1 Å². The van der Waals surface area contributed by atoms with Gasteiger partial charge in [0.25, 0.3) is 0 Å². The van der Waals surface area contributed by atoms with E-state index in [4.69, 9.17) is 9.84 Å². The van der Waals surface area contributed by atoms with Crippen LogP contribution in [0, 0.1) is 5.82 Å². The average Bonchev–Trinajstić information content (AvgIpc) is 2.48. The molecule has 7 heteroatoms. The van der Waals surface area contributed by atoms with Gasteiger partial charge in [-0.05, 0) is 31.2 Å². The van der Waals surface area contributed by atoms with Gasteiger partial charge in [-0.2, -0.15) is 0 Å². The predicted molar refractivity (Wildman–Crippen MR) is 80.3 cm³/mol. The molecule has 0 aromatic heterocycles. The largest absolute Gasteiger partial charge is 0.479 e. The first-order valence-corrected chi connectivity index (χ1v) is 7.98. The summed E-state index contributed by atoms with van der Waals surface area (Å²) in [5.41, 5.74) is 0. The molecule has 1 aliphatic heterocycles. The quantitative estimate of drug-likeness (QED) is 0.838. The molecule has 1 aliphatic rings. The van der Waals surface area contributed by atoms with Crippen molar-refractivity contribution < 1.29 is 23.8 Å². The third-order valence-corrected chi connectivity index (χ3v) is 4.30. The van der Waals surface area contributed by atoms with E-state index < -0.39 is 12.1 Å². The van der Waals surface area contributed by atoms with Gasteiger partial charge in [-0.15, -0.1) is 11.8 Å². The van der Waals surface area contributed by atoms with Crippen molar-refractivity contribution in [2.75, 3.05) is 18.8 Å². The van der Waals surface area contributed by atoms with Crippen molar-refractivity contribution in [2.45, 2.75) is 30.4 Å². The second-order valence-corrected chi connectivity index (χ2v) is 6.29. The Labute approximate surface area is 132 Å². The Bertz CT molecular complexity index is 537. The maximum atomic E-state index is 12.8. The Hall–Kier alpha value is -1.60. The number of rotatable bonds is 5. The molecular weight excluding hydrogens is 309 g/mol. The van der Waals surface area contributed by atoms with Crippen LogP contribution in [0.3, 0.4) is 0 Å². The number of carboxylic acid groups (broad SMARTS) is 1. The van der Waals surface area contributed by atoms with Crippen molar-refractivity contribution in [1.29, 1.82) is 0 Å². The topological polar surface area (TPSA) is 66.8 Å². The number of halogens is 1.